The van der Waals surface area contributed by atoms with Crippen molar-refractivity contribution in [1.29, 1.82) is 0 Å². The zero-order valence-electron chi connectivity index (χ0n) is 12.1. The molecule has 128 valence electrons. The number of amides is 1. The van der Waals surface area contributed by atoms with Crippen molar-refractivity contribution in [1.82, 2.24) is 0 Å². The molecule has 0 fully saturated rings. The molecule has 1 amide bonds. The van der Waals surface area contributed by atoms with E-state index in [0.29, 0.717) is 12.2 Å². The Kier molecular flexibility index (Phi) is 4.91. The van der Waals surface area contributed by atoms with Crippen molar-refractivity contribution in [3.8, 4) is 17.2 Å². The Hall–Kier alpha value is -2.84. The first-order valence-corrected chi connectivity index (χ1v) is 6.38. The van der Waals surface area contributed by atoms with Crippen LogP contribution in [0.5, 0.6) is 17.2 Å². The van der Waals surface area contributed by atoms with E-state index in [1.807, 2.05) is 0 Å². The second-order valence-corrected chi connectivity index (χ2v) is 4.49. The van der Waals surface area contributed by atoms with Gasteiger partial charge in [-0.2, -0.15) is 13.2 Å². The molecule has 1 N–H and O–H groups in total. The molecule has 0 aliphatic rings. The van der Waals surface area contributed by atoms with Gasteiger partial charge in [0, 0.05) is 6.07 Å². The summed E-state index contributed by atoms with van der Waals surface area (Å²) in [6.07, 6.45) is -4.61. The smallest absolute Gasteiger partial charge is 0.416 e. The minimum absolute atomic E-state index is 0.0167. The van der Waals surface area contributed by atoms with Gasteiger partial charge in [0.25, 0.3) is 0 Å². The minimum atomic E-state index is -4.90. The van der Waals surface area contributed by atoms with Gasteiger partial charge in [-0.05, 0) is 24.3 Å². The van der Waals surface area contributed by atoms with Crippen LogP contribution in [0.15, 0.2) is 30.3 Å². The van der Waals surface area contributed by atoms with Crippen molar-refractivity contribution in [2.45, 2.75) is 6.18 Å². The number of ether oxygens (including phenoxy) is 2. The number of hydrogen-bond acceptors (Lipinski definition) is 3. The number of hydrogen-bond donors (Lipinski definition) is 1. The van der Waals surface area contributed by atoms with Gasteiger partial charge in [0.15, 0.2) is 23.1 Å². The summed E-state index contributed by atoms with van der Waals surface area (Å²) in [5.41, 5.74) is -1.46. The maximum atomic E-state index is 13.8. The number of alkyl halides is 3. The first-order chi connectivity index (χ1) is 11.3. The summed E-state index contributed by atoms with van der Waals surface area (Å²) in [4.78, 5) is 10.6. The molecule has 0 spiro atoms. The molecule has 2 aromatic carbocycles. The highest BCUT2D eigenvalue weighted by Gasteiger charge is 2.33. The topological polar surface area (TPSA) is 47.6 Å². The second kappa shape index (κ2) is 6.73. The molecule has 2 aromatic rings. The van der Waals surface area contributed by atoms with E-state index in [4.69, 9.17) is 9.47 Å². The molecule has 0 unspecified atom stereocenters. The average molecular weight is 347 g/mol. The van der Waals surface area contributed by atoms with Crippen LogP contribution in [0.1, 0.15) is 5.56 Å². The largest absolute Gasteiger partial charge is 0.497 e. The highest BCUT2D eigenvalue weighted by Crippen LogP contribution is 2.38. The first kappa shape index (κ1) is 17.5. The molecule has 0 bridgehead atoms. The quantitative estimate of drug-likeness (QED) is 0.646. The van der Waals surface area contributed by atoms with Crippen molar-refractivity contribution in [3.63, 3.8) is 0 Å². The molecule has 24 heavy (non-hydrogen) atoms. The lowest BCUT2D eigenvalue weighted by atomic mass is 10.2. The third-order valence-electron chi connectivity index (χ3n) is 2.94. The number of rotatable bonds is 5. The summed E-state index contributed by atoms with van der Waals surface area (Å²) in [5.74, 6) is -3.95. The molecule has 0 aromatic heterocycles. The van der Waals surface area contributed by atoms with Gasteiger partial charge < -0.3 is 14.8 Å². The maximum absolute atomic E-state index is 13.8. The average Bonchev–Trinajstić information content (AvgIpc) is 2.51. The molecule has 4 nitrogen and oxygen atoms in total. The fourth-order valence-corrected chi connectivity index (χ4v) is 1.83. The van der Waals surface area contributed by atoms with Crippen LogP contribution in [0, 0.1) is 11.6 Å². The van der Waals surface area contributed by atoms with Gasteiger partial charge in [-0.15, -0.1) is 0 Å². The Morgan fingerprint density at radius 1 is 1.08 bits per heavy atom. The van der Waals surface area contributed by atoms with Gasteiger partial charge in [0.05, 0.1) is 18.4 Å². The number of carbonyl (C=O) groups is 1. The Balaban J connectivity index is 2.43. The molecular weight excluding hydrogens is 337 g/mol. The maximum Gasteiger partial charge on any atom is 0.416 e. The number of anilines is 1. The summed E-state index contributed by atoms with van der Waals surface area (Å²) in [5, 5.41) is 2.24. The zero-order valence-corrected chi connectivity index (χ0v) is 12.1. The Morgan fingerprint density at radius 2 is 1.71 bits per heavy atom. The number of nitrogens with one attached hydrogen (secondary N) is 1. The molecule has 0 radical (unpaired) electrons. The Bertz CT molecular complexity index is 738. The van der Waals surface area contributed by atoms with Crippen molar-refractivity contribution in [3.05, 3.63) is 47.5 Å². The predicted octanol–water partition coefficient (Wildman–Crippen LogP) is 4.35. The van der Waals surface area contributed by atoms with Crippen LogP contribution in [-0.4, -0.2) is 13.5 Å². The third-order valence-corrected chi connectivity index (χ3v) is 2.94. The van der Waals surface area contributed by atoms with Crippen LogP contribution in [0.4, 0.5) is 27.6 Å². The summed E-state index contributed by atoms with van der Waals surface area (Å²) in [7, 11) is 1.36. The lowest BCUT2D eigenvalue weighted by molar-refractivity contribution is -0.138. The summed E-state index contributed by atoms with van der Waals surface area (Å²) in [6, 6.07) is 4.17. The van der Waals surface area contributed by atoms with Crippen LogP contribution in [0.2, 0.25) is 0 Å². The van der Waals surface area contributed by atoms with Crippen LogP contribution >= 0.6 is 0 Å². The van der Waals surface area contributed by atoms with Gasteiger partial charge in [-0.1, -0.05) is 0 Å². The highest BCUT2D eigenvalue weighted by atomic mass is 19.4. The van der Waals surface area contributed by atoms with Crippen LogP contribution in [0.25, 0.3) is 0 Å². The predicted molar refractivity (Wildman–Crippen MR) is 74.1 cm³/mol. The molecule has 0 saturated heterocycles. The van der Waals surface area contributed by atoms with E-state index in [0.717, 1.165) is 0 Å². The van der Waals surface area contributed by atoms with E-state index in [1.54, 1.807) is 0 Å². The van der Waals surface area contributed by atoms with E-state index >= 15 is 0 Å². The fourth-order valence-electron chi connectivity index (χ4n) is 1.83. The first-order valence-electron chi connectivity index (χ1n) is 6.38. The fraction of sp³-hybridized carbons (Fsp3) is 0.133. The van der Waals surface area contributed by atoms with Crippen LogP contribution < -0.4 is 14.8 Å². The van der Waals surface area contributed by atoms with E-state index in [9.17, 15) is 26.7 Å². The molecule has 0 saturated carbocycles. The second-order valence-electron chi connectivity index (χ2n) is 4.49. The lowest BCUT2D eigenvalue weighted by Crippen LogP contribution is -2.07. The normalized spacial score (nSPS) is 11.1. The van der Waals surface area contributed by atoms with Gasteiger partial charge in [0.2, 0.25) is 6.41 Å². The summed E-state index contributed by atoms with van der Waals surface area (Å²) >= 11 is 0. The minimum Gasteiger partial charge on any atom is -0.497 e. The number of halogens is 5. The molecular formula is C15H10F5NO3. The van der Waals surface area contributed by atoms with Gasteiger partial charge in [-0.3, -0.25) is 4.79 Å². The Morgan fingerprint density at radius 3 is 2.21 bits per heavy atom. The van der Waals surface area contributed by atoms with Gasteiger partial charge in [0.1, 0.15) is 5.75 Å². The van der Waals surface area contributed by atoms with Gasteiger partial charge in [-0.25, -0.2) is 8.78 Å². The number of benzene rings is 2. The summed E-state index contributed by atoms with van der Waals surface area (Å²) in [6.45, 7) is 0. The zero-order chi connectivity index (χ0) is 17.9. The van der Waals surface area contributed by atoms with E-state index in [1.165, 1.54) is 25.3 Å². The van der Waals surface area contributed by atoms with Crippen molar-refractivity contribution < 1.29 is 36.2 Å². The van der Waals surface area contributed by atoms with Crippen molar-refractivity contribution >= 4 is 12.1 Å². The Labute approximate surface area is 132 Å². The number of carbonyl (C=O) groups excluding carboxylic acids is 1. The van der Waals surface area contributed by atoms with Gasteiger partial charge >= 0.3 is 6.18 Å². The van der Waals surface area contributed by atoms with Crippen molar-refractivity contribution in [2.24, 2.45) is 0 Å². The molecule has 0 aliphatic carbocycles. The molecule has 0 atom stereocenters. The lowest BCUT2D eigenvalue weighted by Gasteiger charge is -2.14. The SMILES string of the molecule is COc1ccc(Oc2c(F)cc(C(F)(F)F)cc2F)c(NC=O)c1. The monoisotopic (exact) mass is 347 g/mol. The summed E-state index contributed by atoms with van der Waals surface area (Å²) < 4.78 is 75.1. The molecule has 2 rings (SSSR count). The molecule has 9 heteroatoms. The molecule has 0 aliphatic heterocycles. The third kappa shape index (κ3) is 3.73. The van der Waals surface area contributed by atoms with Crippen LogP contribution in [-0.2, 0) is 11.0 Å². The standard InChI is InChI=1S/C15H10F5NO3/c1-23-9-2-3-13(12(6-9)21-7-22)24-14-10(16)4-8(5-11(14)17)15(18,19)20/h2-7H,1H3,(H,21,22). The van der Waals surface area contributed by atoms with E-state index in [2.05, 4.69) is 5.32 Å². The highest BCUT2D eigenvalue weighted by molar-refractivity contribution is 5.76. The number of methoxy groups -OCH3 is 1. The van der Waals surface area contributed by atoms with E-state index in [-0.39, 0.29) is 23.6 Å². The van der Waals surface area contributed by atoms with E-state index < -0.39 is 29.1 Å². The molecule has 0 heterocycles. The van der Waals surface area contributed by atoms with Crippen molar-refractivity contribution in [2.75, 3.05) is 12.4 Å². The van der Waals surface area contributed by atoms with Crippen LogP contribution in [0.3, 0.4) is 0 Å².